The summed E-state index contributed by atoms with van der Waals surface area (Å²) in [6.07, 6.45) is 5.70. The number of aliphatic imine (C=N–C) groups is 1. The van der Waals surface area contributed by atoms with Gasteiger partial charge in [0.1, 0.15) is 0 Å². The van der Waals surface area contributed by atoms with E-state index < -0.39 is 0 Å². The average Bonchev–Trinajstić information content (AvgIpc) is 2.84. The smallest absolute Gasteiger partial charge is 0.0594 e. The van der Waals surface area contributed by atoms with E-state index in [-0.39, 0.29) is 0 Å². The van der Waals surface area contributed by atoms with Crippen molar-refractivity contribution in [3.63, 3.8) is 0 Å². The summed E-state index contributed by atoms with van der Waals surface area (Å²) in [6, 6.07) is 4.39. The minimum Gasteiger partial charge on any atom is -0.379 e. The largest absolute Gasteiger partial charge is 0.379 e. The van der Waals surface area contributed by atoms with Gasteiger partial charge in [0.2, 0.25) is 0 Å². The number of ether oxygens (including phenoxy) is 1. The van der Waals surface area contributed by atoms with Crippen LogP contribution in [0.1, 0.15) is 22.6 Å². The van der Waals surface area contributed by atoms with Gasteiger partial charge in [-0.2, -0.15) is 0 Å². The molecule has 0 N–H and O–H groups in total. The number of hydrogen-bond acceptors (Lipinski definition) is 4. The summed E-state index contributed by atoms with van der Waals surface area (Å²) in [6.45, 7) is 5.25. The first-order valence-electron chi connectivity index (χ1n) is 6.69. The molecule has 0 aromatic carbocycles. The van der Waals surface area contributed by atoms with E-state index in [2.05, 4.69) is 22.0 Å². The molecule has 0 atom stereocenters. The van der Waals surface area contributed by atoms with Crippen molar-refractivity contribution in [2.45, 2.75) is 19.3 Å². The predicted octanol–water partition coefficient (Wildman–Crippen LogP) is 2.45. The molecule has 0 bridgehead atoms. The molecular weight excluding hydrogens is 244 g/mol. The SMILES string of the molecule is C/N=C/c1ccc(CCCCN2CCOCC2)s1. The standard InChI is InChI=1S/C14H22N2OS/c1-15-12-14-6-5-13(18-14)4-2-3-7-16-8-10-17-11-9-16/h5-6,12H,2-4,7-11H2,1H3/b15-12+. The lowest BCUT2D eigenvalue weighted by Crippen LogP contribution is -2.36. The van der Waals surface area contributed by atoms with E-state index in [0.29, 0.717) is 0 Å². The Kier molecular flexibility index (Phi) is 5.84. The van der Waals surface area contributed by atoms with Gasteiger partial charge >= 0.3 is 0 Å². The third-order valence-corrected chi connectivity index (χ3v) is 4.27. The van der Waals surface area contributed by atoms with Gasteiger partial charge in [-0.3, -0.25) is 9.89 Å². The van der Waals surface area contributed by atoms with Crippen LogP contribution in [0.25, 0.3) is 0 Å². The second-order valence-electron chi connectivity index (χ2n) is 4.60. The van der Waals surface area contributed by atoms with Crippen LogP contribution in [0.15, 0.2) is 17.1 Å². The van der Waals surface area contributed by atoms with E-state index in [0.717, 1.165) is 26.3 Å². The highest BCUT2D eigenvalue weighted by atomic mass is 32.1. The van der Waals surface area contributed by atoms with Crippen molar-refractivity contribution < 1.29 is 4.74 Å². The quantitative estimate of drug-likeness (QED) is 0.583. The topological polar surface area (TPSA) is 24.8 Å². The molecule has 18 heavy (non-hydrogen) atoms. The molecule has 0 amide bonds. The maximum Gasteiger partial charge on any atom is 0.0594 e. The Bertz CT molecular complexity index is 370. The van der Waals surface area contributed by atoms with Crippen LogP contribution >= 0.6 is 11.3 Å². The third kappa shape index (κ3) is 4.52. The number of morpholine rings is 1. The Morgan fingerprint density at radius 2 is 2.17 bits per heavy atom. The highest BCUT2D eigenvalue weighted by Gasteiger charge is 2.09. The molecule has 2 rings (SSSR count). The van der Waals surface area contributed by atoms with E-state index in [1.54, 1.807) is 0 Å². The van der Waals surface area contributed by atoms with Crippen molar-refractivity contribution in [1.82, 2.24) is 4.90 Å². The number of unbranched alkanes of at least 4 members (excludes halogenated alkanes) is 1. The molecule has 2 heterocycles. The summed E-state index contributed by atoms with van der Waals surface area (Å²) < 4.78 is 5.35. The van der Waals surface area contributed by atoms with Crippen LogP contribution in [0.2, 0.25) is 0 Å². The monoisotopic (exact) mass is 266 g/mol. The lowest BCUT2D eigenvalue weighted by atomic mass is 10.2. The van der Waals surface area contributed by atoms with Gasteiger partial charge in [0.25, 0.3) is 0 Å². The van der Waals surface area contributed by atoms with Crippen molar-refractivity contribution >= 4 is 17.6 Å². The highest BCUT2D eigenvalue weighted by molar-refractivity contribution is 7.13. The Balaban J connectivity index is 1.62. The molecule has 1 fully saturated rings. The molecule has 1 saturated heterocycles. The summed E-state index contributed by atoms with van der Waals surface area (Å²) in [5.74, 6) is 0. The number of nitrogens with zero attached hydrogens (tertiary/aromatic N) is 2. The number of rotatable bonds is 6. The van der Waals surface area contributed by atoms with Gasteiger partial charge in [-0.1, -0.05) is 0 Å². The molecule has 0 aliphatic carbocycles. The van der Waals surface area contributed by atoms with Crippen molar-refractivity contribution in [1.29, 1.82) is 0 Å². The average molecular weight is 266 g/mol. The Morgan fingerprint density at radius 3 is 2.94 bits per heavy atom. The van der Waals surface area contributed by atoms with Crippen molar-refractivity contribution in [2.24, 2.45) is 4.99 Å². The Labute approximate surface area is 113 Å². The molecule has 1 aliphatic heterocycles. The summed E-state index contributed by atoms with van der Waals surface area (Å²) in [4.78, 5) is 9.29. The summed E-state index contributed by atoms with van der Waals surface area (Å²) in [7, 11) is 1.82. The van der Waals surface area contributed by atoms with Crippen molar-refractivity contribution in [2.75, 3.05) is 39.9 Å². The molecule has 0 radical (unpaired) electrons. The third-order valence-electron chi connectivity index (χ3n) is 3.19. The fourth-order valence-corrected chi connectivity index (χ4v) is 3.16. The summed E-state index contributed by atoms with van der Waals surface area (Å²) >= 11 is 1.86. The molecule has 1 aliphatic rings. The zero-order valence-electron chi connectivity index (χ0n) is 11.1. The zero-order chi connectivity index (χ0) is 12.6. The second-order valence-corrected chi connectivity index (χ2v) is 5.80. The maximum absolute atomic E-state index is 5.35. The predicted molar refractivity (Wildman–Crippen MR) is 78.0 cm³/mol. The van der Waals surface area contributed by atoms with E-state index in [4.69, 9.17) is 4.74 Å². The van der Waals surface area contributed by atoms with Crippen LogP contribution in [0.5, 0.6) is 0 Å². The van der Waals surface area contributed by atoms with Crippen LogP contribution in [-0.2, 0) is 11.2 Å². The molecular formula is C14H22N2OS. The van der Waals surface area contributed by atoms with Gasteiger partial charge in [-0.25, -0.2) is 0 Å². The first kappa shape index (κ1) is 13.7. The minimum atomic E-state index is 0.907. The molecule has 0 saturated carbocycles. The highest BCUT2D eigenvalue weighted by Crippen LogP contribution is 2.17. The first-order chi connectivity index (χ1) is 8.88. The molecule has 0 unspecified atom stereocenters. The molecule has 3 nitrogen and oxygen atoms in total. The zero-order valence-corrected chi connectivity index (χ0v) is 11.9. The minimum absolute atomic E-state index is 0.907. The van der Waals surface area contributed by atoms with Crippen LogP contribution in [0.3, 0.4) is 0 Å². The maximum atomic E-state index is 5.35. The lowest BCUT2D eigenvalue weighted by molar-refractivity contribution is 0.0372. The molecule has 4 heteroatoms. The normalized spacial score (nSPS) is 17.6. The lowest BCUT2D eigenvalue weighted by Gasteiger charge is -2.26. The van der Waals surface area contributed by atoms with Crippen LogP contribution < -0.4 is 0 Å². The van der Waals surface area contributed by atoms with E-state index >= 15 is 0 Å². The van der Waals surface area contributed by atoms with E-state index in [1.165, 1.54) is 35.6 Å². The fraction of sp³-hybridized carbons (Fsp3) is 0.643. The van der Waals surface area contributed by atoms with Crippen LogP contribution in [0.4, 0.5) is 0 Å². The van der Waals surface area contributed by atoms with Crippen LogP contribution in [-0.4, -0.2) is 51.0 Å². The van der Waals surface area contributed by atoms with Gasteiger partial charge in [0.05, 0.1) is 13.2 Å². The Hall–Kier alpha value is -0.710. The molecule has 0 spiro atoms. The summed E-state index contributed by atoms with van der Waals surface area (Å²) in [5.41, 5.74) is 0. The van der Waals surface area contributed by atoms with E-state index in [9.17, 15) is 0 Å². The molecule has 1 aromatic rings. The van der Waals surface area contributed by atoms with Gasteiger partial charge in [0.15, 0.2) is 0 Å². The number of hydrogen-bond donors (Lipinski definition) is 0. The van der Waals surface area contributed by atoms with Crippen LogP contribution in [0, 0.1) is 0 Å². The van der Waals surface area contributed by atoms with Gasteiger partial charge < -0.3 is 4.74 Å². The first-order valence-corrected chi connectivity index (χ1v) is 7.51. The number of thiophene rings is 1. The molecule has 100 valence electrons. The van der Waals surface area contributed by atoms with Gasteiger partial charge in [-0.15, -0.1) is 11.3 Å². The van der Waals surface area contributed by atoms with Gasteiger partial charge in [0, 0.05) is 36.1 Å². The fourth-order valence-electron chi connectivity index (χ4n) is 2.18. The van der Waals surface area contributed by atoms with E-state index in [1.807, 2.05) is 24.6 Å². The van der Waals surface area contributed by atoms with Crippen molar-refractivity contribution in [3.05, 3.63) is 21.9 Å². The van der Waals surface area contributed by atoms with Gasteiger partial charge in [-0.05, 0) is 37.9 Å². The van der Waals surface area contributed by atoms with Crippen molar-refractivity contribution in [3.8, 4) is 0 Å². The second kappa shape index (κ2) is 7.67. The number of aryl methyl sites for hydroxylation is 1. The summed E-state index contributed by atoms with van der Waals surface area (Å²) in [5, 5.41) is 0. The Morgan fingerprint density at radius 1 is 1.33 bits per heavy atom. The molecule has 1 aromatic heterocycles.